The molecule has 0 saturated carbocycles. The van der Waals surface area contributed by atoms with Crippen LogP contribution in [-0.2, 0) is 14.3 Å². The molecule has 69 heavy (non-hydrogen) atoms. The SMILES string of the molecule is CCCCCCCCCCCCCC/C=C\CCCCCCCCCCC(O)C(=O)NC(COC1OC(CO)C(O)C(O)C1O)C(O)C(O)CCC/C=C/CCCCCCCCCCCCCCC. The maximum absolute atomic E-state index is 13.2. The molecule has 1 fully saturated rings. The molecule has 0 aliphatic carbocycles. The van der Waals surface area contributed by atoms with Gasteiger partial charge in [-0.3, -0.25) is 4.79 Å². The van der Waals surface area contributed by atoms with Crippen LogP contribution in [0, 0.1) is 0 Å². The van der Waals surface area contributed by atoms with Gasteiger partial charge in [0.1, 0.15) is 36.6 Å². The van der Waals surface area contributed by atoms with E-state index in [-0.39, 0.29) is 12.8 Å². The van der Waals surface area contributed by atoms with Crippen LogP contribution in [-0.4, -0.2) is 110 Å². The van der Waals surface area contributed by atoms with Crippen molar-refractivity contribution >= 4 is 5.91 Å². The van der Waals surface area contributed by atoms with Crippen LogP contribution in [0.2, 0.25) is 0 Å². The molecule has 1 aliphatic rings. The average Bonchev–Trinajstić information content (AvgIpc) is 3.35. The summed E-state index contributed by atoms with van der Waals surface area (Å²) in [6, 6.07) is -1.18. The molecule has 11 nitrogen and oxygen atoms in total. The van der Waals surface area contributed by atoms with Gasteiger partial charge in [0.05, 0.1) is 25.4 Å². The summed E-state index contributed by atoms with van der Waals surface area (Å²) in [5.74, 6) is -0.706. The largest absolute Gasteiger partial charge is 0.394 e. The van der Waals surface area contributed by atoms with E-state index in [1.807, 2.05) is 0 Å². The van der Waals surface area contributed by atoms with Crippen LogP contribution in [0.5, 0.6) is 0 Å². The molecule has 0 aromatic heterocycles. The van der Waals surface area contributed by atoms with Crippen molar-refractivity contribution in [2.24, 2.45) is 0 Å². The first kappa shape index (κ1) is 65.6. The summed E-state index contributed by atoms with van der Waals surface area (Å²) < 4.78 is 11.1. The molecule has 8 N–H and O–H groups in total. The van der Waals surface area contributed by atoms with Gasteiger partial charge < -0.3 is 50.5 Å². The van der Waals surface area contributed by atoms with Crippen LogP contribution in [0.25, 0.3) is 0 Å². The quantitative estimate of drug-likeness (QED) is 0.0215. The smallest absolute Gasteiger partial charge is 0.249 e. The zero-order valence-corrected chi connectivity index (χ0v) is 44.6. The second kappa shape index (κ2) is 47.6. The van der Waals surface area contributed by atoms with E-state index >= 15 is 0 Å². The lowest BCUT2D eigenvalue weighted by Gasteiger charge is -2.40. The van der Waals surface area contributed by atoms with Crippen molar-refractivity contribution in [1.29, 1.82) is 0 Å². The van der Waals surface area contributed by atoms with Gasteiger partial charge in [0.25, 0.3) is 0 Å². The Kier molecular flexibility index (Phi) is 45.2. The zero-order valence-electron chi connectivity index (χ0n) is 44.6. The highest BCUT2D eigenvalue weighted by Crippen LogP contribution is 2.23. The number of amides is 1. The summed E-state index contributed by atoms with van der Waals surface area (Å²) in [7, 11) is 0. The number of aliphatic hydroxyl groups is 7. The maximum atomic E-state index is 13.2. The van der Waals surface area contributed by atoms with Gasteiger partial charge in [-0.05, 0) is 64.2 Å². The Balaban J connectivity index is 2.32. The fourth-order valence-electron chi connectivity index (χ4n) is 9.44. The van der Waals surface area contributed by atoms with E-state index in [9.17, 15) is 40.5 Å². The van der Waals surface area contributed by atoms with E-state index in [1.165, 1.54) is 186 Å². The highest BCUT2D eigenvalue weighted by Gasteiger charge is 2.44. The molecule has 11 heteroatoms. The van der Waals surface area contributed by atoms with Crippen molar-refractivity contribution in [1.82, 2.24) is 5.32 Å². The van der Waals surface area contributed by atoms with Crippen molar-refractivity contribution in [3.63, 3.8) is 0 Å². The first-order chi connectivity index (χ1) is 33.7. The van der Waals surface area contributed by atoms with Gasteiger partial charge in [-0.2, -0.15) is 0 Å². The van der Waals surface area contributed by atoms with Gasteiger partial charge in [-0.25, -0.2) is 0 Å². The lowest BCUT2D eigenvalue weighted by molar-refractivity contribution is -0.303. The van der Waals surface area contributed by atoms with Crippen molar-refractivity contribution in [3.8, 4) is 0 Å². The van der Waals surface area contributed by atoms with Gasteiger partial charge in [0, 0.05) is 0 Å². The fourth-order valence-corrected chi connectivity index (χ4v) is 9.44. The third kappa shape index (κ3) is 36.2. The fraction of sp³-hybridized carbons (Fsp3) is 0.914. The van der Waals surface area contributed by atoms with Gasteiger partial charge in [0.2, 0.25) is 5.91 Å². The molecule has 1 rings (SSSR count). The Morgan fingerprint density at radius 2 is 0.855 bits per heavy atom. The number of nitrogens with one attached hydrogen (secondary N) is 1. The van der Waals surface area contributed by atoms with E-state index < -0.39 is 74.2 Å². The van der Waals surface area contributed by atoms with Crippen LogP contribution in [0.3, 0.4) is 0 Å². The standard InChI is InChI=1S/C58H111NO10/c1-3-5-7-9-11-13-15-17-19-21-23-24-25-26-27-28-30-32-34-36-38-40-42-44-46-51(62)57(67)59-49(48-68-58-56(66)55(65)54(64)52(47-60)69-58)53(63)50(61)45-43-41-39-37-35-33-31-29-22-20-18-16-14-12-10-8-6-4-2/h26-27,37,39,49-56,58,60-66H,3-25,28-36,38,40-48H2,1-2H3,(H,59,67)/b27-26-,39-37+. The first-order valence-electron chi connectivity index (χ1n) is 29.2. The van der Waals surface area contributed by atoms with Gasteiger partial charge in [-0.1, -0.05) is 231 Å². The third-order valence-corrected chi connectivity index (χ3v) is 14.2. The summed E-state index contributed by atoms with van der Waals surface area (Å²) in [5, 5.41) is 76.1. The van der Waals surface area contributed by atoms with E-state index in [0.717, 1.165) is 44.9 Å². The summed E-state index contributed by atoms with van der Waals surface area (Å²) in [6.45, 7) is 3.47. The summed E-state index contributed by atoms with van der Waals surface area (Å²) in [5.41, 5.74) is 0. The van der Waals surface area contributed by atoms with Crippen molar-refractivity contribution in [2.45, 2.75) is 326 Å². The van der Waals surface area contributed by atoms with Crippen molar-refractivity contribution in [3.05, 3.63) is 24.3 Å². The van der Waals surface area contributed by atoms with Crippen LogP contribution in [0.4, 0.5) is 0 Å². The number of allylic oxidation sites excluding steroid dienone is 4. The van der Waals surface area contributed by atoms with E-state index in [2.05, 4.69) is 43.5 Å². The minimum absolute atomic E-state index is 0.252. The minimum Gasteiger partial charge on any atom is -0.394 e. The molecule has 9 unspecified atom stereocenters. The molecule has 0 spiro atoms. The second-order valence-corrected chi connectivity index (χ2v) is 20.7. The summed E-state index contributed by atoms with van der Waals surface area (Å²) in [4.78, 5) is 13.2. The molecular weight excluding hydrogens is 871 g/mol. The molecule has 1 amide bonds. The van der Waals surface area contributed by atoms with Gasteiger partial charge >= 0.3 is 0 Å². The Morgan fingerprint density at radius 1 is 0.493 bits per heavy atom. The summed E-state index contributed by atoms with van der Waals surface area (Å²) >= 11 is 0. The number of hydrogen-bond donors (Lipinski definition) is 8. The van der Waals surface area contributed by atoms with E-state index in [0.29, 0.717) is 12.8 Å². The monoisotopic (exact) mass is 982 g/mol. The Hall–Kier alpha value is -1.41. The lowest BCUT2D eigenvalue weighted by Crippen LogP contribution is -2.60. The first-order valence-corrected chi connectivity index (χ1v) is 29.2. The Morgan fingerprint density at radius 3 is 1.25 bits per heavy atom. The predicted molar refractivity (Wildman–Crippen MR) is 284 cm³/mol. The Bertz CT molecular complexity index is 1170. The van der Waals surface area contributed by atoms with Crippen LogP contribution in [0.15, 0.2) is 24.3 Å². The van der Waals surface area contributed by atoms with E-state index in [4.69, 9.17) is 9.47 Å². The van der Waals surface area contributed by atoms with Crippen LogP contribution in [0.1, 0.15) is 271 Å². The van der Waals surface area contributed by atoms with Crippen LogP contribution >= 0.6 is 0 Å². The molecular formula is C58H111NO10. The molecule has 0 bridgehead atoms. The molecule has 9 atom stereocenters. The zero-order chi connectivity index (χ0) is 50.4. The summed E-state index contributed by atoms with van der Waals surface area (Å²) in [6.07, 6.45) is 45.2. The van der Waals surface area contributed by atoms with Gasteiger partial charge in [-0.15, -0.1) is 0 Å². The normalized spacial score (nSPS) is 20.5. The number of aliphatic hydroxyl groups excluding tert-OH is 7. The average molecular weight is 983 g/mol. The number of unbranched alkanes of at least 4 members (excludes halogenated alkanes) is 34. The number of carbonyl (C=O) groups is 1. The Labute approximate surface area is 423 Å². The van der Waals surface area contributed by atoms with Crippen LogP contribution < -0.4 is 5.32 Å². The minimum atomic E-state index is -1.67. The number of rotatable bonds is 50. The molecule has 1 saturated heterocycles. The predicted octanol–water partition coefficient (Wildman–Crippen LogP) is 12.1. The highest BCUT2D eigenvalue weighted by atomic mass is 16.7. The van der Waals surface area contributed by atoms with Gasteiger partial charge in [0.15, 0.2) is 6.29 Å². The molecule has 0 radical (unpaired) electrons. The molecule has 0 aromatic rings. The topological polar surface area (TPSA) is 189 Å². The third-order valence-electron chi connectivity index (χ3n) is 14.2. The number of ether oxygens (including phenoxy) is 2. The highest BCUT2D eigenvalue weighted by molar-refractivity contribution is 5.80. The molecule has 0 aromatic carbocycles. The van der Waals surface area contributed by atoms with Crippen molar-refractivity contribution < 1.29 is 50.0 Å². The number of hydrogen-bond acceptors (Lipinski definition) is 10. The molecule has 1 aliphatic heterocycles. The van der Waals surface area contributed by atoms with Crippen molar-refractivity contribution in [2.75, 3.05) is 13.2 Å². The number of carbonyl (C=O) groups excluding carboxylic acids is 1. The van der Waals surface area contributed by atoms with E-state index in [1.54, 1.807) is 0 Å². The molecule has 1 heterocycles. The second-order valence-electron chi connectivity index (χ2n) is 20.7. The lowest BCUT2D eigenvalue weighted by atomic mass is 9.98. The molecule has 408 valence electrons. The maximum Gasteiger partial charge on any atom is 0.249 e.